The van der Waals surface area contributed by atoms with Gasteiger partial charge in [-0.2, -0.15) is 0 Å². The fourth-order valence-corrected chi connectivity index (χ4v) is 0.772. The van der Waals surface area contributed by atoms with Crippen molar-refractivity contribution in [2.24, 2.45) is 0 Å². The summed E-state index contributed by atoms with van der Waals surface area (Å²) in [7, 11) is 0. The maximum atomic E-state index is 5.20. The maximum absolute atomic E-state index is 5.20. The number of hydrogen-bond donors (Lipinski definition) is 0. The van der Waals surface area contributed by atoms with Gasteiger partial charge < -0.3 is 43.4 Å². The van der Waals surface area contributed by atoms with Crippen molar-refractivity contribution in [2.75, 3.05) is 13.2 Å². The van der Waals surface area contributed by atoms with Crippen molar-refractivity contribution in [1.82, 2.24) is 0 Å². The van der Waals surface area contributed by atoms with Crippen molar-refractivity contribution in [3.05, 3.63) is 0 Å². The van der Waals surface area contributed by atoms with Crippen LogP contribution in [0.15, 0.2) is 0 Å². The minimum atomic E-state index is 0. The van der Waals surface area contributed by atoms with Crippen molar-refractivity contribution >= 4 is 23.1 Å². The molecule has 0 saturated carbocycles. The number of ether oxygens (including phenoxy) is 2. The van der Waals surface area contributed by atoms with Crippen LogP contribution in [0.5, 0.6) is 0 Å². The molecule has 1 fully saturated rings. The van der Waals surface area contributed by atoms with E-state index in [0.29, 0.717) is 0 Å². The van der Waals surface area contributed by atoms with Gasteiger partial charge in [-0.05, 0) is 12.8 Å². The molecular weight excluding hydrogens is 288 g/mol. The van der Waals surface area contributed by atoms with Crippen LogP contribution in [0.25, 0.3) is 0 Å². The molecule has 0 amide bonds. The van der Waals surface area contributed by atoms with Gasteiger partial charge in [-0.15, -0.1) is 0 Å². The fourth-order valence-electron chi connectivity index (χ4n) is 0.772. The van der Waals surface area contributed by atoms with Gasteiger partial charge in [0, 0.05) is 0 Å². The molecule has 1 aliphatic heterocycles. The van der Waals surface area contributed by atoms with Crippen molar-refractivity contribution in [1.29, 1.82) is 0 Å². The standard InChI is InChI=1S/C6H12O2.2BrH.Mg/c1-2-6-7-4-3-5-8-6;;;/h6H,2-5H2,1H3;2*1H;/q;;;+2/p-2. The monoisotopic (exact) mass is 298 g/mol. The van der Waals surface area contributed by atoms with Crippen LogP contribution >= 0.6 is 0 Å². The summed E-state index contributed by atoms with van der Waals surface area (Å²) in [6, 6.07) is 0. The van der Waals surface area contributed by atoms with Gasteiger partial charge in [0.15, 0.2) is 6.29 Å². The third-order valence-corrected chi connectivity index (χ3v) is 1.23. The second-order valence-electron chi connectivity index (χ2n) is 1.93. The van der Waals surface area contributed by atoms with Gasteiger partial charge in [0.25, 0.3) is 0 Å². The Morgan fingerprint density at radius 3 is 1.91 bits per heavy atom. The van der Waals surface area contributed by atoms with E-state index in [0.717, 1.165) is 26.1 Å². The summed E-state index contributed by atoms with van der Waals surface area (Å²) in [5, 5.41) is 0. The van der Waals surface area contributed by atoms with Crippen molar-refractivity contribution < 1.29 is 43.4 Å². The topological polar surface area (TPSA) is 18.5 Å². The normalized spacial score (nSPS) is 17.2. The van der Waals surface area contributed by atoms with Gasteiger partial charge >= 0.3 is 23.1 Å². The van der Waals surface area contributed by atoms with Gasteiger partial charge in [-0.1, -0.05) is 6.92 Å². The van der Waals surface area contributed by atoms with Gasteiger partial charge in [-0.3, -0.25) is 0 Å². The van der Waals surface area contributed by atoms with E-state index in [-0.39, 0.29) is 63.3 Å². The molecule has 0 N–H and O–H groups in total. The SMILES string of the molecule is CCC1OCCCO1.[Br-].[Br-].[Mg+2]. The van der Waals surface area contributed by atoms with E-state index in [1.807, 2.05) is 0 Å². The Bertz CT molecular complexity index is 69.6. The predicted octanol–water partition coefficient (Wildman–Crippen LogP) is -5.21. The first-order valence-electron chi connectivity index (χ1n) is 3.16. The Morgan fingerprint density at radius 1 is 1.18 bits per heavy atom. The summed E-state index contributed by atoms with van der Waals surface area (Å²) in [6.07, 6.45) is 2.11. The first-order valence-corrected chi connectivity index (χ1v) is 3.16. The Labute approximate surface area is 105 Å². The molecule has 2 nitrogen and oxygen atoms in total. The van der Waals surface area contributed by atoms with Gasteiger partial charge in [-0.25, -0.2) is 0 Å². The summed E-state index contributed by atoms with van der Waals surface area (Å²) in [5.41, 5.74) is 0. The molecule has 0 bridgehead atoms. The zero-order valence-corrected chi connectivity index (χ0v) is 11.3. The molecule has 0 atom stereocenters. The van der Waals surface area contributed by atoms with E-state index in [9.17, 15) is 0 Å². The van der Waals surface area contributed by atoms with Crippen LogP contribution in [0.3, 0.4) is 0 Å². The molecule has 1 saturated heterocycles. The molecule has 0 aromatic carbocycles. The van der Waals surface area contributed by atoms with Crippen LogP contribution < -0.4 is 34.0 Å². The summed E-state index contributed by atoms with van der Waals surface area (Å²) in [5.74, 6) is 0. The van der Waals surface area contributed by atoms with Crippen LogP contribution in [-0.2, 0) is 9.47 Å². The first-order chi connectivity index (χ1) is 3.93. The minimum absolute atomic E-state index is 0. The third-order valence-electron chi connectivity index (χ3n) is 1.23. The van der Waals surface area contributed by atoms with Crippen LogP contribution in [0, 0.1) is 0 Å². The third kappa shape index (κ3) is 7.99. The summed E-state index contributed by atoms with van der Waals surface area (Å²) < 4.78 is 10.4. The molecule has 1 heterocycles. The Balaban J connectivity index is -0.000000213. The molecular formula is C6H12Br2MgO2. The van der Waals surface area contributed by atoms with E-state index in [1.165, 1.54) is 0 Å². The van der Waals surface area contributed by atoms with Crippen molar-refractivity contribution in [3.8, 4) is 0 Å². The van der Waals surface area contributed by atoms with Crippen LogP contribution in [0.2, 0.25) is 0 Å². The number of rotatable bonds is 1. The zero-order valence-electron chi connectivity index (χ0n) is 6.69. The summed E-state index contributed by atoms with van der Waals surface area (Å²) in [6.45, 7) is 3.81. The molecule has 0 aromatic rings. The number of hydrogen-bond acceptors (Lipinski definition) is 2. The van der Waals surface area contributed by atoms with Crippen molar-refractivity contribution in [2.45, 2.75) is 26.1 Å². The van der Waals surface area contributed by atoms with E-state index in [1.54, 1.807) is 0 Å². The molecule has 64 valence electrons. The average molecular weight is 300 g/mol. The molecule has 0 aliphatic carbocycles. The molecule has 0 radical (unpaired) electrons. The van der Waals surface area contributed by atoms with Crippen LogP contribution in [-0.4, -0.2) is 42.6 Å². The molecule has 1 rings (SSSR count). The Morgan fingerprint density at radius 2 is 1.64 bits per heavy atom. The summed E-state index contributed by atoms with van der Waals surface area (Å²) in [4.78, 5) is 0. The van der Waals surface area contributed by atoms with E-state index < -0.39 is 0 Å². The minimum Gasteiger partial charge on any atom is -1.00 e. The smallest absolute Gasteiger partial charge is 1.00 e. The first kappa shape index (κ1) is 18.4. The average Bonchev–Trinajstić information content (AvgIpc) is 1.90. The Hall–Kier alpha value is 1.65. The van der Waals surface area contributed by atoms with E-state index in [4.69, 9.17) is 9.47 Å². The van der Waals surface area contributed by atoms with E-state index in [2.05, 4.69) is 6.92 Å². The van der Waals surface area contributed by atoms with Gasteiger partial charge in [0.1, 0.15) is 0 Å². The second-order valence-corrected chi connectivity index (χ2v) is 1.93. The predicted molar refractivity (Wildman–Crippen MR) is 36.4 cm³/mol. The maximum Gasteiger partial charge on any atom is 2.00 e. The Kier molecular flexibility index (Phi) is 19.5. The van der Waals surface area contributed by atoms with E-state index >= 15 is 0 Å². The van der Waals surface area contributed by atoms with Gasteiger partial charge in [0.2, 0.25) is 0 Å². The van der Waals surface area contributed by atoms with Gasteiger partial charge in [0.05, 0.1) is 13.2 Å². The van der Waals surface area contributed by atoms with Crippen LogP contribution in [0.1, 0.15) is 19.8 Å². The van der Waals surface area contributed by atoms with Crippen LogP contribution in [0.4, 0.5) is 0 Å². The second kappa shape index (κ2) is 11.6. The molecule has 1 aliphatic rings. The quantitative estimate of drug-likeness (QED) is 0.451. The largest absolute Gasteiger partial charge is 2.00 e. The molecule has 0 aromatic heterocycles. The number of halogens is 2. The molecule has 0 spiro atoms. The summed E-state index contributed by atoms with van der Waals surface area (Å²) >= 11 is 0. The fraction of sp³-hybridized carbons (Fsp3) is 1.00. The van der Waals surface area contributed by atoms with Crippen molar-refractivity contribution in [3.63, 3.8) is 0 Å². The zero-order chi connectivity index (χ0) is 5.82. The molecule has 5 heteroatoms. The molecule has 0 unspecified atom stereocenters. The molecule has 11 heavy (non-hydrogen) atoms.